The van der Waals surface area contributed by atoms with Crippen molar-refractivity contribution in [1.29, 1.82) is 0 Å². The molecule has 1 unspecified atom stereocenters. The second-order valence-electron chi connectivity index (χ2n) is 2.05. The minimum absolute atomic E-state index is 0.827. The average molecular weight is 251 g/mol. The SMILES string of the molecule is CC(CCCN)S[CH2][Sn]. The number of hydrogen-bond donors (Lipinski definition) is 1. The molecule has 0 amide bonds. The molecule has 1 atom stereocenters. The van der Waals surface area contributed by atoms with Crippen molar-refractivity contribution in [2.45, 2.75) is 25.0 Å². The standard InChI is InChI=1S/C6H14NS.Sn/c1-6(8-2)4-3-5-7;/h6H,2-5,7H2,1H3;. The van der Waals surface area contributed by atoms with Gasteiger partial charge in [0.05, 0.1) is 0 Å². The molecule has 0 saturated carbocycles. The van der Waals surface area contributed by atoms with Crippen LogP contribution in [0.15, 0.2) is 0 Å². The summed E-state index contributed by atoms with van der Waals surface area (Å²) in [6.45, 7) is 3.13. The third-order valence-corrected chi connectivity index (χ3v) is 3.58. The second-order valence-corrected chi connectivity index (χ2v) is 5.95. The van der Waals surface area contributed by atoms with E-state index in [9.17, 15) is 0 Å². The van der Waals surface area contributed by atoms with Crippen LogP contribution in [0.3, 0.4) is 0 Å². The van der Waals surface area contributed by atoms with Crippen LogP contribution in [0.25, 0.3) is 0 Å². The van der Waals surface area contributed by atoms with Gasteiger partial charge in [-0.05, 0) is 0 Å². The Morgan fingerprint density at radius 3 is 2.78 bits per heavy atom. The van der Waals surface area contributed by atoms with Crippen molar-refractivity contribution < 1.29 is 0 Å². The molecule has 0 aliphatic heterocycles. The van der Waals surface area contributed by atoms with E-state index in [0.29, 0.717) is 0 Å². The molecule has 3 radical (unpaired) electrons. The molecule has 0 aromatic carbocycles. The van der Waals surface area contributed by atoms with E-state index < -0.39 is 0 Å². The molecule has 0 aliphatic carbocycles. The zero-order chi connectivity index (χ0) is 7.11. The van der Waals surface area contributed by atoms with Crippen LogP contribution in [0.5, 0.6) is 0 Å². The number of nitrogens with two attached hydrogens (primary N) is 1. The Labute approximate surface area is 75.2 Å². The summed E-state index contributed by atoms with van der Waals surface area (Å²) >= 11 is 3.69. The molecule has 0 bridgehead atoms. The third-order valence-electron chi connectivity index (χ3n) is 1.18. The van der Waals surface area contributed by atoms with Crippen molar-refractivity contribution in [2.75, 3.05) is 10.3 Å². The van der Waals surface area contributed by atoms with E-state index in [1.165, 1.54) is 16.6 Å². The quantitative estimate of drug-likeness (QED) is 0.737. The number of thioether (sulfide) groups is 1. The molecule has 0 aromatic heterocycles. The molecule has 0 rings (SSSR count). The first-order valence-corrected chi connectivity index (χ1v) is 6.34. The normalized spacial score (nSPS) is 13.7. The van der Waals surface area contributed by atoms with Gasteiger partial charge < -0.3 is 0 Å². The van der Waals surface area contributed by atoms with E-state index in [2.05, 4.69) is 18.7 Å². The van der Waals surface area contributed by atoms with Crippen molar-refractivity contribution in [3.05, 3.63) is 0 Å². The van der Waals surface area contributed by atoms with Crippen LogP contribution in [0.2, 0.25) is 0 Å². The Morgan fingerprint density at radius 1 is 1.67 bits per heavy atom. The molecule has 1 nitrogen and oxygen atoms in total. The van der Waals surface area contributed by atoms with Gasteiger partial charge in [0, 0.05) is 0 Å². The van der Waals surface area contributed by atoms with Crippen LogP contribution < -0.4 is 5.73 Å². The predicted molar refractivity (Wildman–Crippen MR) is 46.0 cm³/mol. The summed E-state index contributed by atoms with van der Waals surface area (Å²) in [5, 5.41) is 0.827. The van der Waals surface area contributed by atoms with Crippen LogP contribution in [0.1, 0.15) is 19.8 Å². The van der Waals surface area contributed by atoms with Gasteiger partial charge in [0.15, 0.2) is 0 Å². The van der Waals surface area contributed by atoms with E-state index in [0.717, 1.165) is 11.8 Å². The van der Waals surface area contributed by atoms with Gasteiger partial charge >= 0.3 is 75.3 Å². The summed E-state index contributed by atoms with van der Waals surface area (Å²) in [6, 6.07) is 0. The van der Waals surface area contributed by atoms with Crippen molar-refractivity contribution in [1.82, 2.24) is 0 Å². The number of rotatable bonds is 5. The summed E-state index contributed by atoms with van der Waals surface area (Å²) in [5.41, 5.74) is 5.37. The Balaban J connectivity index is 2.95. The van der Waals surface area contributed by atoms with E-state index in [1.807, 2.05) is 0 Å². The Bertz CT molecular complexity index is 61.0. The Hall–Kier alpha value is 1.11. The van der Waals surface area contributed by atoms with Crippen LogP contribution in [-0.2, 0) is 0 Å². The molecule has 9 heavy (non-hydrogen) atoms. The Kier molecular flexibility index (Phi) is 8.11. The zero-order valence-electron chi connectivity index (χ0n) is 5.89. The van der Waals surface area contributed by atoms with Gasteiger partial charge in [-0.25, -0.2) is 0 Å². The van der Waals surface area contributed by atoms with Gasteiger partial charge in [0.25, 0.3) is 0 Å². The zero-order valence-corrected chi connectivity index (χ0v) is 9.56. The van der Waals surface area contributed by atoms with Gasteiger partial charge in [-0.3, -0.25) is 0 Å². The second kappa shape index (κ2) is 7.22. The van der Waals surface area contributed by atoms with Gasteiger partial charge in [-0.1, -0.05) is 0 Å². The van der Waals surface area contributed by atoms with E-state index in [4.69, 9.17) is 5.73 Å². The fourth-order valence-electron chi connectivity index (χ4n) is 0.631. The first kappa shape index (κ1) is 10.1. The molecule has 3 heteroatoms. The van der Waals surface area contributed by atoms with Gasteiger partial charge in [0.1, 0.15) is 0 Å². The van der Waals surface area contributed by atoms with E-state index in [-0.39, 0.29) is 0 Å². The molecule has 0 spiro atoms. The van der Waals surface area contributed by atoms with Crippen LogP contribution in [0, 0.1) is 0 Å². The monoisotopic (exact) mass is 252 g/mol. The molecule has 0 saturated heterocycles. The average Bonchev–Trinajstić information content (AvgIpc) is 1.85. The number of hydrogen-bond acceptors (Lipinski definition) is 2. The Morgan fingerprint density at radius 2 is 2.33 bits per heavy atom. The summed E-state index contributed by atoms with van der Waals surface area (Å²) in [5.74, 6) is 0. The maximum absolute atomic E-state index is 5.37. The summed E-state index contributed by atoms with van der Waals surface area (Å²) in [6.07, 6.45) is 2.47. The van der Waals surface area contributed by atoms with Crippen LogP contribution >= 0.6 is 11.8 Å². The van der Waals surface area contributed by atoms with E-state index >= 15 is 0 Å². The van der Waals surface area contributed by atoms with Crippen molar-refractivity contribution in [2.24, 2.45) is 5.73 Å². The molecule has 0 heterocycles. The molecule has 2 N–H and O–H groups in total. The molecular weight excluding hydrogens is 237 g/mol. The molecular formula is C6H14NSSn. The minimum atomic E-state index is 0.827. The molecule has 0 aliphatic rings. The van der Waals surface area contributed by atoms with E-state index in [1.54, 1.807) is 22.5 Å². The van der Waals surface area contributed by atoms with Gasteiger partial charge in [0.2, 0.25) is 0 Å². The molecule has 0 aromatic rings. The molecule has 0 fully saturated rings. The fourth-order valence-corrected chi connectivity index (χ4v) is 3.68. The third kappa shape index (κ3) is 7.00. The van der Waals surface area contributed by atoms with Gasteiger partial charge in [-0.2, -0.15) is 0 Å². The maximum atomic E-state index is 5.37. The first-order valence-electron chi connectivity index (χ1n) is 3.27. The van der Waals surface area contributed by atoms with Gasteiger partial charge in [-0.15, -0.1) is 0 Å². The summed E-state index contributed by atoms with van der Waals surface area (Å²) < 4.78 is 1.32. The van der Waals surface area contributed by atoms with Crippen LogP contribution in [-0.4, -0.2) is 38.1 Å². The van der Waals surface area contributed by atoms with Crippen molar-refractivity contribution in [3.63, 3.8) is 0 Å². The molecule has 53 valence electrons. The summed E-state index contributed by atoms with van der Waals surface area (Å²) in [7, 11) is 0. The topological polar surface area (TPSA) is 26.0 Å². The first-order chi connectivity index (χ1) is 4.31. The summed E-state index contributed by atoms with van der Waals surface area (Å²) in [4.78, 5) is 0. The predicted octanol–water partition coefficient (Wildman–Crippen LogP) is 0.973. The van der Waals surface area contributed by atoms with Crippen molar-refractivity contribution in [3.8, 4) is 0 Å². The fraction of sp³-hybridized carbons (Fsp3) is 1.00. The van der Waals surface area contributed by atoms with Crippen LogP contribution in [0.4, 0.5) is 0 Å². The van der Waals surface area contributed by atoms with Crippen molar-refractivity contribution >= 4 is 34.3 Å².